The smallest absolute Gasteiger partial charge is 0.371 e. The lowest BCUT2D eigenvalue weighted by molar-refractivity contribution is 0.0474. The molecule has 0 aliphatic heterocycles. The highest BCUT2D eigenvalue weighted by atomic mass is 31.2. The van der Waals surface area contributed by atoms with Crippen molar-refractivity contribution in [2.24, 2.45) is 0 Å². The van der Waals surface area contributed by atoms with Crippen LogP contribution in [-0.2, 0) is 27.0 Å². The fraction of sp³-hybridized carbons (Fsp3) is 0.176. The molecule has 1 aromatic heterocycles. The number of rotatable bonds is 7. The highest BCUT2D eigenvalue weighted by molar-refractivity contribution is 7.72. The fourth-order valence-electron chi connectivity index (χ4n) is 2.79. The molecule has 5 N–H and O–H groups in total. The molecule has 0 fully saturated rings. The molecular weight excluding hydrogens is 438 g/mol. The van der Waals surface area contributed by atoms with E-state index in [1.165, 1.54) is 18.2 Å². The first-order valence-corrected chi connectivity index (χ1v) is 11.6. The van der Waals surface area contributed by atoms with Crippen LogP contribution in [0.4, 0.5) is 0 Å². The first kappa shape index (κ1) is 22.3. The van der Waals surface area contributed by atoms with Crippen molar-refractivity contribution in [3.8, 4) is 0 Å². The molecule has 3 rings (SSSR count). The standard InChI is InChI=1S/C17H18N2O9P2/c20-16(28-9-12-5-2-1-3-6-12)13-7-4-8-14-15(13)19(11-18-14)10-17(21,29(22,23)24)30(25,26)27/h1-8,11,21H,9-10H2,(H2,22,23,24)(H2,25,26,27). The van der Waals surface area contributed by atoms with Crippen molar-refractivity contribution < 1.29 is 43.3 Å². The van der Waals surface area contributed by atoms with E-state index in [0.717, 1.165) is 16.5 Å². The van der Waals surface area contributed by atoms with E-state index in [0.29, 0.717) is 0 Å². The summed E-state index contributed by atoms with van der Waals surface area (Å²) < 4.78 is 29.5. The molecule has 2 aromatic carbocycles. The molecule has 0 aliphatic rings. The number of aliphatic hydroxyl groups is 1. The first-order valence-electron chi connectivity index (χ1n) is 8.42. The number of benzene rings is 2. The summed E-state index contributed by atoms with van der Waals surface area (Å²) in [4.78, 5) is 54.1. The van der Waals surface area contributed by atoms with Crippen LogP contribution in [-0.4, -0.2) is 45.3 Å². The molecule has 0 bridgehead atoms. The Bertz CT molecular complexity index is 1140. The lowest BCUT2D eigenvalue weighted by Gasteiger charge is -2.29. The lowest BCUT2D eigenvalue weighted by atomic mass is 10.2. The third-order valence-corrected chi connectivity index (χ3v) is 8.10. The fourth-order valence-corrected chi connectivity index (χ4v) is 4.83. The maximum Gasteiger partial charge on any atom is 0.371 e. The van der Waals surface area contributed by atoms with Gasteiger partial charge in [0.1, 0.15) is 6.61 Å². The Labute approximate surface area is 169 Å². The molecule has 0 saturated heterocycles. The molecule has 0 radical (unpaired) electrons. The van der Waals surface area contributed by atoms with E-state index < -0.39 is 32.8 Å². The molecule has 3 aromatic rings. The van der Waals surface area contributed by atoms with Crippen molar-refractivity contribution in [3.05, 3.63) is 66.0 Å². The summed E-state index contributed by atoms with van der Waals surface area (Å²) in [5, 5.41) is 6.51. The van der Waals surface area contributed by atoms with Crippen LogP contribution in [0.15, 0.2) is 54.9 Å². The minimum atomic E-state index is -5.69. The molecule has 0 atom stereocenters. The van der Waals surface area contributed by atoms with Gasteiger partial charge in [0.15, 0.2) is 0 Å². The Kier molecular flexibility index (Phi) is 5.99. The molecule has 13 heteroatoms. The zero-order chi connectivity index (χ0) is 22.2. The lowest BCUT2D eigenvalue weighted by Crippen LogP contribution is -2.34. The van der Waals surface area contributed by atoms with Crippen LogP contribution in [0.5, 0.6) is 0 Å². The number of carbonyl (C=O) groups is 1. The number of nitrogens with zero attached hydrogens (tertiary/aromatic N) is 2. The third kappa shape index (κ3) is 4.23. The summed E-state index contributed by atoms with van der Waals surface area (Å²) in [6, 6.07) is 13.2. The number of hydrogen-bond donors (Lipinski definition) is 5. The van der Waals surface area contributed by atoms with Gasteiger partial charge in [-0.15, -0.1) is 0 Å². The molecule has 0 saturated carbocycles. The van der Waals surface area contributed by atoms with E-state index in [4.69, 9.17) is 4.74 Å². The number of fused-ring (bicyclic) bond motifs is 1. The van der Waals surface area contributed by atoms with Crippen molar-refractivity contribution >= 4 is 32.2 Å². The van der Waals surface area contributed by atoms with Crippen LogP contribution < -0.4 is 0 Å². The average Bonchev–Trinajstić information content (AvgIpc) is 3.08. The van der Waals surface area contributed by atoms with Gasteiger partial charge in [0.25, 0.3) is 5.08 Å². The molecule has 30 heavy (non-hydrogen) atoms. The predicted octanol–water partition coefficient (Wildman–Crippen LogP) is 1.39. The van der Waals surface area contributed by atoms with Crippen molar-refractivity contribution in [1.29, 1.82) is 0 Å². The van der Waals surface area contributed by atoms with Gasteiger partial charge in [-0.05, 0) is 17.7 Å². The summed E-state index contributed by atoms with van der Waals surface area (Å²) >= 11 is 0. The number of imidazole rings is 1. The Balaban J connectivity index is 1.99. The topological polar surface area (TPSA) is 179 Å². The second-order valence-corrected chi connectivity index (χ2v) is 10.5. The van der Waals surface area contributed by atoms with Crippen LogP contribution in [0.2, 0.25) is 0 Å². The van der Waals surface area contributed by atoms with E-state index >= 15 is 0 Å². The van der Waals surface area contributed by atoms with Gasteiger partial charge >= 0.3 is 21.2 Å². The van der Waals surface area contributed by atoms with E-state index in [9.17, 15) is 38.6 Å². The summed E-state index contributed by atoms with van der Waals surface area (Å²) in [7, 11) is -11.4. The van der Waals surface area contributed by atoms with Crippen LogP contribution in [0.3, 0.4) is 0 Å². The Morgan fingerprint density at radius 3 is 2.23 bits per heavy atom. The Morgan fingerprint density at radius 1 is 1.00 bits per heavy atom. The molecule has 0 unspecified atom stereocenters. The third-order valence-electron chi connectivity index (χ3n) is 4.39. The number of para-hydroxylation sites is 1. The SMILES string of the molecule is O=C(OCc1ccccc1)c1cccc2ncn(CC(O)(P(=O)(O)O)P(=O)(O)O)c12. The van der Waals surface area contributed by atoms with Crippen LogP contribution in [0, 0.1) is 0 Å². The van der Waals surface area contributed by atoms with Crippen LogP contribution in [0.25, 0.3) is 11.0 Å². The van der Waals surface area contributed by atoms with Crippen LogP contribution in [0.1, 0.15) is 15.9 Å². The van der Waals surface area contributed by atoms with Gasteiger partial charge in [-0.25, -0.2) is 9.78 Å². The molecule has 160 valence electrons. The normalized spacial score (nSPS) is 12.8. The Hall–Kier alpha value is -2.36. The quantitative estimate of drug-likeness (QED) is 0.258. The van der Waals surface area contributed by atoms with Crippen molar-refractivity contribution in [1.82, 2.24) is 9.55 Å². The summed E-state index contributed by atoms with van der Waals surface area (Å²) in [6.45, 7) is -1.25. The maximum atomic E-state index is 12.6. The highest BCUT2D eigenvalue weighted by Gasteiger charge is 2.59. The maximum absolute atomic E-state index is 12.6. The van der Waals surface area contributed by atoms with E-state index in [-0.39, 0.29) is 23.2 Å². The van der Waals surface area contributed by atoms with Gasteiger partial charge in [-0.3, -0.25) is 9.13 Å². The van der Waals surface area contributed by atoms with Crippen LogP contribution >= 0.6 is 15.2 Å². The highest BCUT2D eigenvalue weighted by Crippen LogP contribution is 2.68. The second kappa shape index (κ2) is 8.05. The summed E-state index contributed by atoms with van der Waals surface area (Å²) in [5.74, 6) is -0.790. The number of carbonyl (C=O) groups excluding carboxylic acids is 1. The monoisotopic (exact) mass is 456 g/mol. The van der Waals surface area contributed by atoms with Gasteiger partial charge in [-0.1, -0.05) is 36.4 Å². The van der Waals surface area contributed by atoms with Gasteiger partial charge in [-0.2, -0.15) is 0 Å². The minimum Gasteiger partial charge on any atom is -0.457 e. The number of esters is 1. The van der Waals surface area contributed by atoms with E-state index in [1.807, 2.05) is 0 Å². The van der Waals surface area contributed by atoms with Crippen molar-refractivity contribution in [2.45, 2.75) is 18.2 Å². The molecule has 0 aliphatic carbocycles. The zero-order valence-electron chi connectivity index (χ0n) is 15.3. The van der Waals surface area contributed by atoms with Gasteiger partial charge < -0.3 is 34.0 Å². The molecule has 0 amide bonds. The van der Waals surface area contributed by atoms with Gasteiger partial charge in [0.2, 0.25) is 0 Å². The predicted molar refractivity (Wildman–Crippen MR) is 104 cm³/mol. The van der Waals surface area contributed by atoms with Gasteiger partial charge in [0.05, 0.1) is 29.5 Å². The number of ether oxygens (including phenoxy) is 1. The molecule has 0 spiro atoms. The first-order chi connectivity index (χ1) is 13.9. The minimum absolute atomic E-state index is 0.00381. The summed E-state index contributed by atoms with van der Waals surface area (Å²) in [5.41, 5.74) is 0.863. The molecule has 1 heterocycles. The zero-order valence-corrected chi connectivity index (χ0v) is 17.1. The largest absolute Gasteiger partial charge is 0.457 e. The second-order valence-electron chi connectivity index (χ2n) is 6.47. The number of aromatic nitrogens is 2. The Morgan fingerprint density at radius 2 is 1.63 bits per heavy atom. The molecular formula is C17H18N2O9P2. The number of hydrogen-bond acceptors (Lipinski definition) is 6. The van der Waals surface area contributed by atoms with E-state index in [2.05, 4.69) is 4.98 Å². The summed E-state index contributed by atoms with van der Waals surface area (Å²) in [6.07, 6.45) is 1.01. The van der Waals surface area contributed by atoms with Crippen molar-refractivity contribution in [3.63, 3.8) is 0 Å². The van der Waals surface area contributed by atoms with Gasteiger partial charge in [0, 0.05) is 0 Å². The average molecular weight is 456 g/mol. The molecule has 11 nitrogen and oxygen atoms in total. The van der Waals surface area contributed by atoms with E-state index in [1.54, 1.807) is 30.3 Å². The van der Waals surface area contributed by atoms with Crippen molar-refractivity contribution in [2.75, 3.05) is 0 Å².